The molecular weight excluding hydrogens is 336 g/mol. The van der Waals surface area contributed by atoms with Crippen LogP contribution in [0.5, 0.6) is 5.75 Å². The van der Waals surface area contributed by atoms with E-state index in [1.807, 2.05) is 25.1 Å². The van der Waals surface area contributed by atoms with Crippen LogP contribution in [0, 0.1) is 6.92 Å². The molecule has 8 heteroatoms. The van der Waals surface area contributed by atoms with Crippen LogP contribution in [0.15, 0.2) is 36.7 Å². The number of pyridine rings is 2. The number of fused-ring (bicyclic) bond motifs is 1. The first-order chi connectivity index (χ1) is 12.2. The Morgan fingerprint density at radius 2 is 2.12 bits per heavy atom. The fourth-order valence-corrected chi connectivity index (χ4v) is 2.47. The van der Waals surface area contributed by atoms with Gasteiger partial charge in [0.05, 0.1) is 17.3 Å². The van der Waals surface area contributed by atoms with Crippen molar-refractivity contribution in [1.82, 2.24) is 14.6 Å². The molecule has 1 amide bonds. The van der Waals surface area contributed by atoms with Crippen molar-refractivity contribution in [2.24, 2.45) is 0 Å². The second kappa shape index (κ2) is 6.64. The second-order valence-corrected chi connectivity index (χ2v) is 6.67. The molecule has 136 valence electrons. The molecule has 3 rings (SSSR count). The Morgan fingerprint density at radius 3 is 2.81 bits per heavy atom. The van der Waals surface area contributed by atoms with Crippen LogP contribution < -0.4 is 10.1 Å². The zero-order valence-electron chi connectivity index (χ0n) is 14.7. The monoisotopic (exact) mass is 356 g/mol. The first-order valence-corrected chi connectivity index (χ1v) is 8.03. The van der Waals surface area contributed by atoms with E-state index in [9.17, 15) is 9.90 Å². The van der Waals surface area contributed by atoms with E-state index >= 15 is 0 Å². The van der Waals surface area contributed by atoms with Gasteiger partial charge in [0.1, 0.15) is 12.4 Å². The van der Waals surface area contributed by atoms with E-state index in [2.05, 4.69) is 15.4 Å². The van der Waals surface area contributed by atoms with Crippen molar-refractivity contribution in [3.63, 3.8) is 0 Å². The summed E-state index contributed by atoms with van der Waals surface area (Å²) in [6.07, 6.45) is 2.21. The maximum Gasteiger partial charge on any atom is 0.410 e. The number of anilines is 1. The molecule has 0 unspecified atom stereocenters. The summed E-state index contributed by atoms with van der Waals surface area (Å²) in [6.45, 7) is 5.36. The normalized spacial score (nSPS) is 11.5. The summed E-state index contributed by atoms with van der Waals surface area (Å²) in [6, 6.07) is 7.28. The fourth-order valence-electron chi connectivity index (χ4n) is 2.47. The summed E-state index contributed by atoms with van der Waals surface area (Å²) in [5, 5.41) is 25.1. The smallest absolute Gasteiger partial charge is 0.410 e. The van der Waals surface area contributed by atoms with Gasteiger partial charge in [0.25, 0.3) is 0 Å². The molecule has 0 saturated heterocycles. The summed E-state index contributed by atoms with van der Waals surface area (Å²) in [5.41, 5.74) is 2.30. The molecule has 0 spiro atoms. The fraction of sp³-hybridized carbons (Fsp3) is 0.278. The van der Waals surface area contributed by atoms with E-state index in [1.54, 1.807) is 36.8 Å². The number of nitrogens with zero attached hydrogens (tertiary/aromatic N) is 3. The lowest BCUT2D eigenvalue weighted by Crippen LogP contribution is -2.28. The van der Waals surface area contributed by atoms with Gasteiger partial charge in [0.2, 0.25) is 0 Å². The zero-order chi connectivity index (χ0) is 18.9. The lowest BCUT2D eigenvalue weighted by molar-refractivity contribution is 0.0286. The summed E-state index contributed by atoms with van der Waals surface area (Å²) < 4.78 is 7.34. The molecule has 3 heterocycles. The molecule has 0 fully saturated rings. The lowest BCUT2D eigenvalue weighted by atomic mass is 10.1. The number of nitrogens with one attached hydrogen (secondary N) is 1. The van der Waals surface area contributed by atoms with E-state index in [0.29, 0.717) is 5.75 Å². The number of rotatable bonds is 5. The first-order valence-electron chi connectivity index (χ1n) is 8.03. The van der Waals surface area contributed by atoms with Gasteiger partial charge in [-0.2, -0.15) is 0 Å². The van der Waals surface area contributed by atoms with Crippen molar-refractivity contribution >= 4 is 17.4 Å². The molecule has 0 bridgehead atoms. The van der Waals surface area contributed by atoms with E-state index in [0.717, 1.165) is 22.3 Å². The second-order valence-electron chi connectivity index (χ2n) is 6.67. The number of ether oxygens (including phenoxy) is 1. The van der Waals surface area contributed by atoms with Gasteiger partial charge in [0.15, 0.2) is 5.82 Å². The molecule has 0 aliphatic rings. The minimum absolute atomic E-state index is 0.131. The first kappa shape index (κ1) is 17.7. The number of aliphatic hydroxyl groups is 1. The molecule has 0 atom stereocenters. The SMILES string of the molecule is Cc1cc(-c2ccn3nc(NC(=O)O)cc3c2)c(OCC(C)(C)O)cn1. The molecular formula is C18H20N4O4. The highest BCUT2D eigenvalue weighted by Gasteiger charge is 2.16. The molecule has 0 radical (unpaired) electrons. The Balaban J connectivity index is 1.99. The van der Waals surface area contributed by atoms with E-state index in [1.165, 1.54) is 0 Å². The summed E-state index contributed by atoms with van der Waals surface area (Å²) in [4.78, 5) is 15.0. The van der Waals surface area contributed by atoms with Crippen LogP contribution in [0.25, 0.3) is 16.6 Å². The topological polar surface area (TPSA) is 109 Å². The lowest BCUT2D eigenvalue weighted by Gasteiger charge is -2.19. The molecule has 0 saturated carbocycles. The number of aromatic nitrogens is 3. The van der Waals surface area contributed by atoms with E-state index in [-0.39, 0.29) is 12.4 Å². The third-order valence-corrected chi connectivity index (χ3v) is 3.59. The van der Waals surface area contributed by atoms with Gasteiger partial charge in [-0.15, -0.1) is 5.10 Å². The van der Waals surface area contributed by atoms with Crippen molar-refractivity contribution in [2.45, 2.75) is 26.4 Å². The van der Waals surface area contributed by atoms with Gasteiger partial charge in [-0.25, -0.2) is 9.31 Å². The summed E-state index contributed by atoms with van der Waals surface area (Å²) in [7, 11) is 0. The van der Waals surface area contributed by atoms with Crippen molar-refractivity contribution < 1.29 is 19.7 Å². The number of aryl methyl sites for hydroxylation is 1. The van der Waals surface area contributed by atoms with Gasteiger partial charge in [-0.1, -0.05) is 0 Å². The summed E-state index contributed by atoms with van der Waals surface area (Å²) in [5.74, 6) is 0.810. The van der Waals surface area contributed by atoms with Crippen LogP contribution in [0.2, 0.25) is 0 Å². The van der Waals surface area contributed by atoms with Crippen molar-refractivity contribution in [1.29, 1.82) is 0 Å². The van der Waals surface area contributed by atoms with Crippen LogP contribution >= 0.6 is 0 Å². The van der Waals surface area contributed by atoms with Crippen molar-refractivity contribution in [3.05, 3.63) is 42.4 Å². The molecule has 3 aromatic rings. The molecule has 0 aliphatic heterocycles. The van der Waals surface area contributed by atoms with Crippen LogP contribution in [0.4, 0.5) is 10.6 Å². The number of carbonyl (C=O) groups is 1. The van der Waals surface area contributed by atoms with Crippen LogP contribution in [-0.4, -0.2) is 43.1 Å². The molecule has 3 aromatic heterocycles. The Labute approximate surface area is 150 Å². The number of amides is 1. The molecule has 26 heavy (non-hydrogen) atoms. The minimum atomic E-state index is -1.17. The summed E-state index contributed by atoms with van der Waals surface area (Å²) >= 11 is 0. The van der Waals surface area contributed by atoms with Gasteiger partial charge in [-0.05, 0) is 44.5 Å². The highest BCUT2D eigenvalue weighted by atomic mass is 16.5. The Bertz CT molecular complexity index is 959. The van der Waals surface area contributed by atoms with E-state index in [4.69, 9.17) is 9.84 Å². The average Bonchev–Trinajstić information content (AvgIpc) is 2.93. The zero-order valence-corrected chi connectivity index (χ0v) is 14.7. The van der Waals surface area contributed by atoms with Crippen molar-refractivity contribution in [3.8, 4) is 16.9 Å². The predicted octanol–water partition coefficient (Wildman–Crippen LogP) is 2.94. The van der Waals surface area contributed by atoms with E-state index < -0.39 is 11.7 Å². The Hall–Kier alpha value is -3.13. The highest BCUT2D eigenvalue weighted by Crippen LogP contribution is 2.31. The maximum absolute atomic E-state index is 10.8. The quantitative estimate of drug-likeness (QED) is 0.648. The molecule has 0 aliphatic carbocycles. The van der Waals surface area contributed by atoms with Gasteiger partial charge < -0.3 is 14.9 Å². The highest BCUT2D eigenvalue weighted by molar-refractivity contribution is 5.83. The number of carboxylic acid groups (broad SMARTS) is 1. The molecule has 3 N–H and O–H groups in total. The van der Waals surface area contributed by atoms with Gasteiger partial charge in [0, 0.05) is 23.5 Å². The van der Waals surface area contributed by atoms with Crippen LogP contribution in [0.1, 0.15) is 19.5 Å². The van der Waals surface area contributed by atoms with Gasteiger partial charge >= 0.3 is 6.09 Å². The Morgan fingerprint density at radius 1 is 1.35 bits per heavy atom. The van der Waals surface area contributed by atoms with Crippen LogP contribution in [-0.2, 0) is 0 Å². The number of hydrogen-bond donors (Lipinski definition) is 3. The Kier molecular flexibility index (Phi) is 4.52. The van der Waals surface area contributed by atoms with Crippen molar-refractivity contribution in [2.75, 3.05) is 11.9 Å². The molecule has 0 aromatic carbocycles. The largest absolute Gasteiger partial charge is 0.488 e. The standard InChI is InChI=1S/C18H20N4O4/c1-11-6-14(15(9-19-11)26-10-18(2,3)25)12-4-5-22-13(7-12)8-16(21-22)20-17(23)24/h4-9,25H,10H2,1-3H3,(H,20,21)(H,23,24). The van der Waals surface area contributed by atoms with Gasteiger partial charge in [-0.3, -0.25) is 10.3 Å². The third-order valence-electron chi connectivity index (χ3n) is 3.59. The predicted molar refractivity (Wildman–Crippen MR) is 96.6 cm³/mol. The molecule has 8 nitrogen and oxygen atoms in total. The van der Waals surface area contributed by atoms with Crippen LogP contribution in [0.3, 0.4) is 0 Å². The maximum atomic E-state index is 10.8. The third kappa shape index (κ3) is 4.09. The minimum Gasteiger partial charge on any atom is -0.488 e. The average molecular weight is 356 g/mol. The number of hydrogen-bond acceptors (Lipinski definition) is 5.